The molecule has 0 radical (unpaired) electrons. The van der Waals surface area contributed by atoms with E-state index in [0.29, 0.717) is 17.9 Å². The van der Waals surface area contributed by atoms with Crippen LogP contribution in [0.3, 0.4) is 0 Å². The van der Waals surface area contributed by atoms with E-state index in [1.54, 1.807) is 30.3 Å². The van der Waals surface area contributed by atoms with E-state index in [1.807, 2.05) is 0 Å². The number of alkyl halides is 2. The second kappa shape index (κ2) is 8.65. The Morgan fingerprint density at radius 1 is 1.33 bits per heavy atom. The minimum Gasteiger partial charge on any atom is -0.343 e. The van der Waals surface area contributed by atoms with E-state index in [2.05, 4.69) is 25.1 Å². The van der Waals surface area contributed by atoms with Gasteiger partial charge < -0.3 is 10.2 Å². The van der Waals surface area contributed by atoms with E-state index < -0.39 is 49.0 Å². The average Bonchev–Trinajstić information content (AvgIpc) is 3.51. The van der Waals surface area contributed by atoms with E-state index in [-0.39, 0.29) is 5.56 Å². The Kier molecular flexibility index (Phi) is 5.74. The normalized spacial score (nSPS) is 17.0. The number of aromatic amines is 1. The molecule has 0 bridgehead atoms. The van der Waals surface area contributed by atoms with Gasteiger partial charge in [0, 0.05) is 18.2 Å². The third-order valence-corrected chi connectivity index (χ3v) is 5.05. The first-order valence-electron chi connectivity index (χ1n) is 9.77. The van der Waals surface area contributed by atoms with Crippen LogP contribution in [0.1, 0.15) is 22.3 Å². The van der Waals surface area contributed by atoms with E-state index in [4.69, 9.17) is 5.26 Å². The van der Waals surface area contributed by atoms with Crippen molar-refractivity contribution in [1.82, 2.24) is 30.1 Å². The Balaban J connectivity index is 1.32. The molecule has 1 aromatic carbocycles. The topological polar surface area (TPSA) is 150 Å². The van der Waals surface area contributed by atoms with Crippen LogP contribution in [0.4, 0.5) is 8.78 Å². The predicted octanol–water partition coefficient (Wildman–Crippen LogP) is 0.764. The molecule has 0 aliphatic carbocycles. The molecule has 0 unspecified atom stereocenters. The summed E-state index contributed by atoms with van der Waals surface area (Å²) in [5.74, 6) is -4.82. The van der Waals surface area contributed by atoms with Crippen LogP contribution in [0.15, 0.2) is 46.0 Å². The van der Waals surface area contributed by atoms with Gasteiger partial charge in [0.15, 0.2) is 5.82 Å². The number of nitrogens with one attached hydrogen (secondary N) is 2. The third kappa shape index (κ3) is 4.95. The molecule has 2 aromatic heterocycles. The number of nitrogens with zero attached hydrogens (tertiary/aromatic N) is 5. The number of halogens is 2. The number of carbonyl (C=O) groups is 2. The molecule has 1 saturated heterocycles. The van der Waals surface area contributed by atoms with Crippen molar-refractivity contribution in [3.05, 3.63) is 58.3 Å². The lowest BCUT2D eigenvalue weighted by atomic mass is 10.1. The summed E-state index contributed by atoms with van der Waals surface area (Å²) in [5, 5.41) is 19.1. The van der Waals surface area contributed by atoms with Crippen molar-refractivity contribution < 1.29 is 22.9 Å². The molecule has 13 heteroatoms. The van der Waals surface area contributed by atoms with Gasteiger partial charge in [-0.05, 0) is 5.56 Å². The summed E-state index contributed by atoms with van der Waals surface area (Å²) in [5.41, 5.74) is 1.69. The maximum absolute atomic E-state index is 13.5. The lowest BCUT2D eigenvalue weighted by Gasteiger charge is -2.19. The zero-order chi connectivity index (χ0) is 23.6. The number of hydrogen-bond acceptors (Lipinski definition) is 7. The van der Waals surface area contributed by atoms with Crippen LogP contribution < -0.4 is 11.1 Å². The number of rotatable bonds is 6. The smallest absolute Gasteiger partial charge is 0.343 e. The zero-order valence-electron chi connectivity index (χ0n) is 17.0. The Morgan fingerprint density at radius 2 is 2.09 bits per heavy atom. The molecule has 1 atom stereocenters. The molecule has 3 aromatic rings. The molecule has 3 heterocycles. The fourth-order valence-electron chi connectivity index (χ4n) is 3.43. The highest BCUT2D eigenvalue weighted by atomic mass is 19.3. The van der Waals surface area contributed by atoms with Gasteiger partial charge in [-0.3, -0.25) is 23.8 Å². The quantitative estimate of drug-likeness (QED) is 0.555. The van der Waals surface area contributed by atoms with E-state index in [9.17, 15) is 23.2 Å². The molecule has 11 nitrogen and oxygen atoms in total. The van der Waals surface area contributed by atoms with Gasteiger partial charge in [0.05, 0.1) is 37.5 Å². The van der Waals surface area contributed by atoms with E-state index in [0.717, 1.165) is 10.5 Å². The number of amides is 2. The maximum atomic E-state index is 13.5. The zero-order valence-corrected chi connectivity index (χ0v) is 17.0. The van der Waals surface area contributed by atoms with Crippen LogP contribution in [0.2, 0.25) is 0 Å². The van der Waals surface area contributed by atoms with Gasteiger partial charge in [0.1, 0.15) is 6.04 Å². The lowest BCUT2D eigenvalue weighted by molar-refractivity contribution is -0.131. The van der Waals surface area contributed by atoms with Gasteiger partial charge in [0.25, 0.3) is 11.8 Å². The molecule has 1 aliphatic rings. The second-order valence-electron chi connectivity index (χ2n) is 7.48. The maximum Gasteiger partial charge on any atom is 0.439 e. The van der Waals surface area contributed by atoms with Crippen LogP contribution in [0.5, 0.6) is 0 Å². The predicted molar refractivity (Wildman–Crippen MR) is 107 cm³/mol. The van der Waals surface area contributed by atoms with Gasteiger partial charge in [-0.1, -0.05) is 29.4 Å². The Morgan fingerprint density at radius 3 is 2.76 bits per heavy atom. The number of hydrogen-bond donors (Lipinski definition) is 2. The number of likely N-dealkylation sites (tertiary alicyclic amines) is 1. The number of carbonyl (C=O) groups excluding carboxylic acids is 2. The summed E-state index contributed by atoms with van der Waals surface area (Å²) >= 11 is 0. The molecule has 170 valence electrons. The summed E-state index contributed by atoms with van der Waals surface area (Å²) in [7, 11) is 0. The first-order chi connectivity index (χ1) is 15.7. The highest BCUT2D eigenvalue weighted by Crippen LogP contribution is 2.31. The molecular formula is C20H17F2N7O4. The van der Waals surface area contributed by atoms with Crippen molar-refractivity contribution >= 4 is 11.8 Å². The fourth-order valence-corrected chi connectivity index (χ4v) is 3.43. The standard InChI is InChI=1S/C20H17F2N7O4/c21-20(22)5-15(6-23)29(11-20)16(30)8-24-18(31)14-7-25-28(10-14)9-12-1-3-13(4-2-12)17-26-19(32)33-27-17/h1-4,7,10,15H,5,8-9,11H2,(H,24,31)(H,26,27,32)/t15-/m0/s1. The SMILES string of the molecule is N#C[C@@H]1CC(F)(F)CN1C(=O)CNC(=O)c1cnn(Cc2ccc(-c3noc(=O)[nH]3)cc2)c1. The van der Waals surface area contributed by atoms with Crippen LogP contribution in [-0.2, 0) is 11.3 Å². The monoisotopic (exact) mass is 457 g/mol. The summed E-state index contributed by atoms with van der Waals surface area (Å²) in [4.78, 5) is 38.8. The van der Waals surface area contributed by atoms with Gasteiger partial charge >= 0.3 is 5.76 Å². The van der Waals surface area contributed by atoms with Gasteiger partial charge in [-0.25, -0.2) is 13.6 Å². The van der Waals surface area contributed by atoms with Crippen LogP contribution >= 0.6 is 0 Å². The lowest BCUT2D eigenvalue weighted by Crippen LogP contribution is -2.42. The summed E-state index contributed by atoms with van der Waals surface area (Å²) in [6.45, 7) is -1.01. The van der Waals surface area contributed by atoms with Crippen molar-refractivity contribution in [3.8, 4) is 17.5 Å². The summed E-state index contributed by atoms with van der Waals surface area (Å²) in [6.07, 6.45) is 2.08. The van der Waals surface area contributed by atoms with Crippen LogP contribution in [0, 0.1) is 11.3 Å². The number of nitriles is 1. The highest BCUT2D eigenvalue weighted by Gasteiger charge is 2.47. The van der Waals surface area contributed by atoms with Crippen molar-refractivity contribution in [2.75, 3.05) is 13.1 Å². The summed E-state index contributed by atoms with van der Waals surface area (Å²) < 4.78 is 32.9. The summed E-state index contributed by atoms with van der Waals surface area (Å²) in [6, 6.07) is 7.53. The molecule has 1 aliphatic heterocycles. The van der Waals surface area contributed by atoms with Crippen molar-refractivity contribution in [2.24, 2.45) is 0 Å². The van der Waals surface area contributed by atoms with Crippen LogP contribution in [-0.4, -0.2) is 61.7 Å². The minimum atomic E-state index is -3.12. The Hall–Kier alpha value is -4.34. The number of H-pyrrole nitrogens is 1. The average molecular weight is 457 g/mol. The fraction of sp³-hybridized carbons (Fsp3) is 0.300. The third-order valence-electron chi connectivity index (χ3n) is 5.05. The number of aromatic nitrogens is 4. The van der Waals surface area contributed by atoms with Gasteiger partial charge in [-0.2, -0.15) is 10.4 Å². The highest BCUT2D eigenvalue weighted by molar-refractivity contribution is 5.96. The molecule has 33 heavy (non-hydrogen) atoms. The van der Waals surface area contributed by atoms with E-state index >= 15 is 0 Å². The molecule has 2 N–H and O–H groups in total. The van der Waals surface area contributed by atoms with E-state index in [1.165, 1.54) is 17.1 Å². The molecule has 0 saturated carbocycles. The molecular weight excluding hydrogens is 440 g/mol. The molecule has 2 amide bonds. The van der Waals surface area contributed by atoms with Crippen molar-refractivity contribution in [3.63, 3.8) is 0 Å². The van der Waals surface area contributed by atoms with Gasteiger partial charge in [-0.15, -0.1) is 0 Å². The number of benzene rings is 1. The largest absolute Gasteiger partial charge is 0.439 e. The molecule has 1 fully saturated rings. The Bertz CT molecular complexity index is 1270. The van der Waals surface area contributed by atoms with Crippen molar-refractivity contribution in [2.45, 2.75) is 24.9 Å². The van der Waals surface area contributed by atoms with Crippen molar-refractivity contribution in [1.29, 1.82) is 5.26 Å². The second-order valence-corrected chi connectivity index (χ2v) is 7.48. The Labute approximate surface area is 184 Å². The van der Waals surface area contributed by atoms with Gasteiger partial charge in [0.2, 0.25) is 5.91 Å². The minimum absolute atomic E-state index is 0.183. The molecule has 0 spiro atoms. The van der Waals surface area contributed by atoms with Crippen LogP contribution in [0.25, 0.3) is 11.4 Å². The first-order valence-corrected chi connectivity index (χ1v) is 9.77. The first kappa shape index (κ1) is 21.9. The molecule has 4 rings (SSSR count).